The number of hydrogen-bond donors (Lipinski definition) is 0. The van der Waals surface area contributed by atoms with E-state index in [1.165, 1.54) is 0 Å². The van der Waals surface area contributed by atoms with Gasteiger partial charge in [-0.3, -0.25) is 4.79 Å². The maximum absolute atomic E-state index is 12.7. The Kier molecular flexibility index (Phi) is 5.58. The van der Waals surface area contributed by atoms with Gasteiger partial charge >= 0.3 is 0 Å². The van der Waals surface area contributed by atoms with Crippen molar-refractivity contribution in [1.29, 1.82) is 0 Å². The number of furan rings is 1. The van der Waals surface area contributed by atoms with E-state index >= 15 is 0 Å². The molecule has 1 unspecified atom stereocenters. The van der Waals surface area contributed by atoms with Gasteiger partial charge in [0.05, 0.1) is 20.0 Å². The molecule has 2 heterocycles. The summed E-state index contributed by atoms with van der Waals surface area (Å²) in [7, 11) is 3.28. The standard InChI is InChI=1S/C19H23NO4S/c1-22-16-6-4-5-15(18(16)23-2)13-9-10-20(11-13)19(21)17-8-7-14(24-17)12-25-3/h4-8,13H,9-12H2,1-3H3. The molecule has 1 saturated heterocycles. The molecule has 5 nitrogen and oxygen atoms in total. The van der Waals surface area contributed by atoms with Crippen LogP contribution in [-0.4, -0.2) is 44.4 Å². The van der Waals surface area contributed by atoms with E-state index in [2.05, 4.69) is 0 Å². The summed E-state index contributed by atoms with van der Waals surface area (Å²) >= 11 is 1.67. The Labute approximate surface area is 152 Å². The Morgan fingerprint density at radius 3 is 2.84 bits per heavy atom. The van der Waals surface area contributed by atoms with Crippen LogP contribution < -0.4 is 9.47 Å². The summed E-state index contributed by atoms with van der Waals surface area (Å²) in [5.41, 5.74) is 1.08. The second kappa shape index (κ2) is 7.87. The molecule has 0 N–H and O–H groups in total. The van der Waals surface area contributed by atoms with Gasteiger partial charge in [0.15, 0.2) is 17.3 Å². The molecule has 0 bridgehead atoms. The number of para-hydroxylation sites is 1. The Morgan fingerprint density at radius 1 is 1.28 bits per heavy atom. The monoisotopic (exact) mass is 361 g/mol. The van der Waals surface area contributed by atoms with Gasteiger partial charge < -0.3 is 18.8 Å². The zero-order chi connectivity index (χ0) is 17.8. The fourth-order valence-electron chi connectivity index (χ4n) is 3.30. The molecule has 0 spiro atoms. The molecule has 1 aliphatic heterocycles. The number of nitrogens with zero attached hydrogens (tertiary/aromatic N) is 1. The van der Waals surface area contributed by atoms with Gasteiger partial charge in [-0.1, -0.05) is 12.1 Å². The normalized spacial score (nSPS) is 16.9. The highest BCUT2D eigenvalue weighted by Gasteiger charge is 2.31. The second-order valence-corrected chi connectivity index (χ2v) is 6.88. The molecule has 1 aliphatic rings. The van der Waals surface area contributed by atoms with Gasteiger partial charge in [0.1, 0.15) is 5.76 Å². The van der Waals surface area contributed by atoms with Gasteiger partial charge in [-0.15, -0.1) is 0 Å². The number of carbonyl (C=O) groups excluding carboxylic acids is 1. The fraction of sp³-hybridized carbons (Fsp3) is 0.421. The summed E-state index contributed by atoms with van der Waals surface area (Å²) in [5.74, 6) is 3.69. The van der Waals surface area contributed by atoms with Crippen molar-refractivity contribution in [1.82, 2.24) is 4.90 Å². The van der Waals surface area contributed by atoms with E-state index in [4.69, 9.17) is 13.9 Å². The Hall–Kier alpha value is -2.08. The summed E-state index contributed by atoms with van der Waals surface area (Å²) in [5, 5.41) is 0. The number of methoxy groups -OCH3 is 2. The highest BCUT2D eigenvalue weighted by molar-refractivity contribution is 7.97. The smallest absolute Gasteiger partial charge is 0.289 e. The predicted octanol–water partition coefficient (Wildman–Crippen LogP) is 3.79. The molecule has 6 heteroatoms. The number of likely N-dealkylation sites (tertiary alicyclic amines) is 1. The predicted molar refractivity (Wildman–Crippen MR) is 98.7 cm³/mol. The quantitative estimate of drug-likeness (QED) is 0.783. The Morgan fingerprint density at radius 2 is 2.12 bits per heavy atom. The molecular weight excluding hydrogens is 338 g/mol. The van der Waals surface area contributed by atoms with Gasteiger partial charge in [-0.05, 0) is 30.9 Å². The zero-order valence-corrected chi connectivity index (χ0v) is 15.6. The van der Waals surface area contributed by atoms with Crippen LogP contribution in [-0.2, 0) is 5.75 Å². The van der Waals surface area contributed by atoms with Crippen molar-refractivity contribution >= 4 is 17.7 Å². The fourth-order valence-corrected chi connectivity index (χ4v) is 3.74. The number of carbonyl (C=O) groups is 1. The molecule has 1 atom stereocenters. The first-order valence-corrected chi connectivity index (χ1v) is 9.65. The third kappa shape index (κ3) is 3.63. The van der Waals surface area contributed by atoms with Crippen LogP contribution in [0.4, 0.5) is 0 Å². The molecule has 1 aromatic heterocycles. The third-order valence-corrected chi connectivity index (χ3v) is 5.08. The van der Waals surface area contributed by atoms with Crippen LogP contribution in [0.15, 0.2) is 34.7 Å². The molecule has 1 aromatic carbocycles. The zero-order valence-electron chi connectivity index (χ0n) is 14.8. The van der Waals surface area contributed by atoms with Crippen molar-refractivity contribution in [3.63, 3.8) is 0 Å². The summed E-state index contributed by atoms with van der Waals surface area (Å²) in [4.78, 5) is 14.5. The third-order valence-electron chi connectivity index (χ3n) is 4.51. The first kappa shape index (κ1) is 17.7. The number of amides is 1. The van der Waals surface area contributed by atoms with Crippen LogP contribution in [0.3, 0.4) is 0 Å². The van der Waals surface area contributed by atoms with Gasteiger partial charge in [0.25, 0.3) is 5.91 Å². The highest BCUT2D eigenvalue weighted by atomic mass is 32.2. The van der Waals surface area contributed by atoms with E-state index in [9.17, 15) is 4.79 Å². The van der Waals surface area contributed by atoms with Gasteiger partial charge in [-0.25, -0.2) is 0 Å². The minimum Gasteiger partial charge on any atom is -0.493 e. The van der Waals surface area contributed by atoms with Crippen LogP contribution in [0.1, 0.15) is 34.2 Å². The minimum atomic E-state index is -0.0447. The summed E-state index contributed by atoms with van der Waals surface area (Å²) in [6, 6.07) is 9.54. The van der Waals surface area contributed by atoms with Gasteiger partial charge in [-0.2, -0.15) is 11.8 Å². The number of hydrogen-bond acceptors (Lipinski definition) is 5. The second-order valence-electron chi connectivity index (χ2n) is 6.02. The maximum atomic E-state index is 12.7. The lowest BCUT2D eigenvalue weighted by Gasteiger charge is -2.18. The minimum absolute atomic E-state index is 0.0447. The SMILES string of the molecule is COc1cccc(C2CCN(C(=O)c3ccc(CSC)o3)C2)c1OC. The van der Waals surface area contributed by atoms with Crippen molar-refractivity contribution in [2.24, 2.45) is 0 Å². The molecular formula is C19H23NO4S. The summed E-state index contributed by atoms with van der Waals surface area (Å²) in [6.45, 7) is 1.36. The first-order valence-electron chi connectivity index (χ1n) is 8.25. The van der Waals surface area contributed by atoms with Crippen molar-refractivity contribution in [3.05, 3.63) is 47.4 Å². The van der Waals surface area contributed by atoms with E-state index < -0.39 is 0 Å². The molecule has 1 fully saturated rings. The number of ether oxygens (including phenoxy) is 2. The van der Waals surface area contributed by atoms with Crippen molar-refractivity contribution in [3.8, 4) is 11.5 Å². The summed E-state index contributed by atoms with van der Waals surface area (Å²) in [6.07, 6.45) is 2.91. The molecule has 3 rings (SSSR count). The molecule has 2 aromatic rings. The van der Waals surface area contributed by atoms with E-state index in [0.29, 0.717) is 18.8 Å². The maximum Gasteiger partial charge on any atom is 0.289 e. The largest absolute Gasteiger partial charge is 0.493 e. The van der Waals surface area contributed by atoms with Gasteiger partial charge in [0, 0.05) is 24.6 Å². The van der Waals surface area contributed by atoms with E-state index in [1.807, 2.05) is 35.4 Å². The van der Waals surface area contributed by atoms with Crippen molar-refractivity contribution in [2.45, 2.75) is 18.1 Å². The lowest BCUT2D eigenvalue weighted by atomic mass is 9.97. The molecule has 134 valence electrons. The Bertz CT molecular complexity index is 743. The van der Waals surface area contributed by atoms with Crippen LogP contribution >= 0.6 is 11.8 Å². The average molecular weight is 361 g/mol. The molecule has 25 heavy (non-hydrogen) atoms. The molecule has 0 radical (unpaired) electrons. The van der Waals surface area contributed by atoms with Crippen molar-refractivity contribution in [2.75, 3.05) is 33.6 Å². The van der Waals surface area contributed by atoms with Gasteiger partial charge in [0.2, 0.25) is 0 Å². The Balaban J connectivity index is 1.74. The first-order chi connectivity index (χ1) is 12.2. The lowest BCUT2D eigenvalue weighted by molar-refractivity contribution is 0.0757. The molecule has 0 aliphatic carbocycles. The van der Waals surface area contributed by atoms with E-state index in [1.54, 1.807) is 32.0 Å². The number of thioether (sulfide) groups is 1. The molecule has 0 saturated carbocycles. The van der Waals surface area contributed by atoms with Crippen molar-refractivity contribution < 1.29 is 18.7 Å². The highest BCUT2D eigenvalue weighted by Crippen LogP contribution is 2.39. The van der Waals surface area contributed by atoms with E-state index in [0.717, 1.165) is 35.0 Å². The molecule has 1 amide bonds. The van der Waals surface area contributed by atoms with E-state index in [-0.39, 0.29) is 11.8 Å². The van der Waals surface area contributed by atoms with Crippen LogP contribution in [0, 0.1) is 0 Å². The topological polar surface area (TPSA) is 51.9 Å². The number of rotatable bonds is 6. The van der Waals surface area contributed by atoms with Crippen LogP contribution in [0.2, 0.25) is 0 Å². The van der Waals surface area contributed by atoms with Crippen LogP contribution in [0.5, 0.6) is 11.5 Å². The van der Waals surface area contributed by atoms with Crippen LogP contribution in [0.25, 0.3) is 0 Å². The average Bonchev–Trinajstić information content (AvgIpc) is 3.30. The summed E-state index contributed by atoms with van der Waals surface area (Å²) < 4.78 is 16.6. The number of benzene rings is 1. The lowest BCUT2D eigenvalue weighted by Crippen LogP contribution is -2.28.